The third-order valence-corrected chi connectivity index (χ3v) is 4.79. The summed E-state index contributed by atoms with van der Waals surface area (Å²) in [4.78, 5) is 14.8. The minimum atomic E-state index is 0.0828. The highest BCUT2D eigenvalue weighted by Gasteiger charge is 2.30. The SMILES string of the molecule is Cc1cnn(C[C@@H]2CCCN2C(=O)C[C@@H](C)n2nc(C)cc2C)c1. The highest BCUT2D eigenvalue weighted by Crippen LogP contribution is 2.23. The summed E-state index contributed by atoms with van der Waals surface area (Å²) >= 11 is 0. The summed E-state index contributed by atoms with van der Waals surface area (Å²) in [6, 6.07) is 2.39. The Hall–Kier alpha value is -2.11. The predicted molar refractivity (Wildman–Crippen MR) is 92.7 cm³/mol. The van der Waals surface area contributed by atoms with Crippen molar-refractivity contribution in [3.63, 3.8) is 0 Å². The van der Waals surface area contributed by atoms with Crippen molar-refractivity contribution in [2.75, 3.05) is 6.54 Å². The zero-order valence-corrected chi connectivity index (χ0v) is 15.1. The van der Waals surface area contributed by atoms with E-state index in [0.29, 0.717) is 6.42 Å². The fourth-order valence-corrected chi connectivity index (χ4v) is 3.69. The Morgan fingerprint density at radius 3 is 2.79 bits per heavy atom. The van der Waals surface area contributed by atoms with Crippen molar-refractivity contribution in [2.24, 2.45) is 0 Å². The lowest BCUT2D eigenvalue weighted by Gasteiger charge is -2.26. The molecule has 6 nitrogen and oxygen atoms in total. The molecule has 0 saturated carbocycles. The smallest absolute Gasteiger partial charge is 0.225 e. The van der Waals surface area contributed by atoms with Gasteiger partial charge in [-0.1, -0.05) is 0 Å². The van der Waals surface area contributed by atoms with Crippen molar-refractivity contribution in [3.8, 4) is 0 Å². The molecule has 0 radical (unpaired) electrons. The van der Waals surface area contributed by atoms with E-state index in [9.17, 15) is 4.79 Å². The van der Waals surface area contributed by atoms with E-state index >= 15 is 0 Å². The van der Waals surface area contributed by atoms with Crippen molar-refractivity contribution in [1.82, 2.24) is 24.5 Å². The van der Waals surface area contributed by atoms with Crippen LogP contribution in [-0.2, 0) is 11.3 Å². The second kappa shape index (κ2) is 6.79. The van der Waals surface area contributed by atoms with Crippen LogP contribution in [0.15, 0.2) is 18.5 Å². The van der Waals surface area contributed by atoms with Crippen molar-refractivity contribution in [3.05, 3.63) is 35.4 Å². The maximum atomic E-state index is 12.8. The van der Waals surface area contributed by atoms with E-state index in [1.807, 2.05) is 47.4 Å². The number of rotatable bonds is 5. The van der Waals surface area contributed by atoms with Crippen LogP contribution < -0.4 is 0 Å². The average molecular weight is 329 g/mol. The van der Waals surface area contributed by atoms with E-state index in [-0.39, 0.29) is 18.0 Å². The van der Waals surface area contributed by atoms with Crippen molar-refractivity contribution < 1.29 is 4.79 Å². The number of aromatic nitrogens is 4. The largest absolute Gasteiger partial charge is 0.338 e. The first kappa shape index (κ1) is 16.7. The summed E-state index contributed by atoms with van der Waals surface area (Å²) in [6.45, 7) is 9.78. The molecule has 2 aromatic rings. The van der Waals surface area contributed by atoms with E-state index in [2.05, 4.69) is 23.2 Å². The van der Waals surface area contributed by atoms with Gasteiger partial charge in [-0.15, -0.1) is 0 Å². The van der Waals surface area contributed by atoms with E-state index in [1.165, 1.54) is 0 Å². The normalized spacial score (nSPS) is 19.0. The fourth-order valence-electron chi connectivity index (χ4n) is 3.69. The molecule has 2 atom stereocenters. The van der Waals surface area contributed by atoms with E-state index < -0.39 is 0 Å². The minimum Gasteiger partial charge on any atom is -0.338 e. The second-order valence-corrected chi connectivity index (χ2v) is 7.05. The average Bonchev–Trinajstić information content (AvgIpc) is 3.20. The maximum Gasteiger partial charge on any atom is 0.225 e. The Kier molecular flexibility index (Phi) is 4.73. The lowest BCUT2D eigenvalue weighted by Crippen LogP contribution is -2.39. The molecule has 0 N–H and O–H groups in total. The summed E-state index contributed by atoms with van der Waals surface area (Å²) in [6.07, 6.45) is 6.53. The van der Waals surface area contributed by atoms with Gasteiger partial charge in [0.2, 0.25) is 5.91 Å². The second-order valence-electron chi connectivity index (χ2n) is 7.05. The molecule has 2 aromatic heterocycles. The standard InChI is InChI=1S/C18H27N5O/c1-13-10-19-21(11-13)12-17-6-5-7-22(17)18(24)9-16(4)23-15(3)8-14(2)20-23/h8,10-11,16-17H,5-7,9,12H2,1-4H3/t16-,17+/m1/s1. The van der Waals surface area contributed by atoms with Gasteiger partial charge in [-0.3, -0.25) is 14.2 Å². The number of hydrogen-bond donors (Lipinski definition) is 0. The zero-order valence-electron chi connectivity index (χ0n) is 15.1. The molecule has 130 valence electrons. The predicted octanol–water partition coefficient (Wildman–Crippen LogP) is 2.65. The van der Waals surface area contributed by atoms with Crippen molar-refractivity contribution in [2.45, 2.75) is 65.6 Å². The summed E-state index contributed by atoms with van der Waals surface area (Å²) < 4.78 is 3.92. The molecule has 24 heavy (non-hydrogen) atoms. The Morgan fingerprint density at radius 2 is 2.17 bits per heavy atom. The molecule has 1 aliphatic rings. The Morgan fingerprint density at radius 1 is 1.38 bits per heavy atom. The molecule has 0 bridgehead atoms. The van der Waals surface area contributed by atoms with E-state index in [0.717, 1.165) is 42.9 Å². The number of carbonyl (C=O) groups excluding carboxylic acids is 1. The Labute approximate surface area is 143 Å². The van der Waals surface area contributed by atoms with Crippen LogP contribution in [0, 0.1) is 20.8 Å². The molecule has 1 aliphatic heterocycles. The van der Waals surface area contributed by atoms with E-state index in [1.54, 1.807) is 0 Å². The maximum absolute atomic E-state index is 12.8. The van der Waals surface area contributed by atoms with Gasteiger partial charge < -0.3 is 4.90 Å². The highest BCUT2D eigenvalue weighted by atomic mass is 16.2. The lowest BCUT2D eigenvalue weighted by atomic mass is 10.2. The molecule has 3 heterocycles. The number of amides is 1. The molecule has 0 spiro atoms. The summed E-state index contributed by atoms with van der Waals surface area (Å²) in [7, 11) is 0. The Balaban J connectivity index is 1.64. The van der Waals surface area contributed by atoms with Gasteiger partial charge in [0.05, 0.1) is 30.5 Å². The third kappa shape index (κ3) is 3.52. The van der Waals surface area contributed by atoms with Gasteiger partial charge >= 0.3 is 0 Å². The van der Waals surface area contributed by atoms with Crippen LogP contribution in [0.1, 0.15) is 49.2 Å². The lowest BCUT2D eigenvalue weighted by molar-refractivity contribution is -0.133. The first-order valence-corrected chi connectivity index (χ1v) is 8.75. The van der Waals surface area contributed by atoms with Gasteiger partial charge in [0, 0.05) is 24.9 Å². The molecular weight excluding hydrogens is 302 g/mol. The zero-order chi connectivity index (χ0) is 17.3. The monoisotopic (exact) mass is 329 g/mol. The molecule has 0 aromatic carbocycles. The molecule has 0 unspecified atom stereocenters. The van der Waals surface area contributed by atoms with Gasteiger partial charge in [0.15, 0.2) is 0 Å². The molecule has 1 saturated heterocycles. The van der Waals surface area contributed by atoms with Crippen LogP contribution in [0.25, 0.3) is 0 Å². The minimum absolute atomic E-state index is 0.0828. The summed E-state index contributed by atoms with van der Waals surface area (Å²) in [5.41, 5.74) is 3.27. The molecule has 1 fully saturated rings. The number of hydrogen-bond acceptors (Lipinski definition) is 3. The van der Waals surface area contributed by atoms with Crippen LogP contribution >= 0.6 is 0 Å². The number of carbonyl (C=O) groups is 1. The van der Waals surface area contributed by atoms with Crippen LogP contribution in [0.2, 0.25) is 0 Å². The molecule has 3 rings (SSSR count). The van der Waals surface area contributed by atoms with Crippen LogP contribution in [-0.4, -0.2) is 43.0 Å². The van der Waals surface area contributed by atoms with Crippen LogP contribution in [0.4, 0.5) is 0 Å². The topological polar surface area (TPSA) is 56.0 Å². The van der Waals surface area contributed by atoms with Gasteiger partial charge in [-0.2, -0.15) is 10.2 Å². The summed E-state index contributed by atoms with van der Waals surface area (Å²) in [5, 5.41) is 8.87. The van der Waals surface area contributed by atoms with Crippen molar-refractivity contribution >= 4 is 5.91 Å². The third-order valence-electron chi connectivity index (χ3n) is 4.79. The molecule has 0 aliphatic carbocycles. The number of aryl methyl sites for hydroxylation is 3. The number of nitrogens with zero attached hydrogens (tertiary/aromatic N) is 5. The van der Waals surface area contributed by atoms with Gasteiger partial charge in [-0.05, 0) is 52.2 Å². The van der Waals surface area contributed by atoms with Crippen molar-refractivity contribution in [1.29, 1.82) is 0 Å². The highest BCUT2D eigenvalue weighted by molar-refractivity contribution is 5.77. The molecule has 6 heteroatoms. The fraction of sp³-hybridized carbons (Fsp3) is 0.611. The van der Waals surface area contributed by atoms with Gasteiger partial charge in [0.1, 0.15) is 0 Å². The molecular formula is C18H27N5O. The van der Waals surface area contributed by atoms with Crippen LogP contribution in [0.5, 0.6) is 0 Å². The first-order chi connectivity index (χ1) is 11.4. The summed E-state index contributed by atoms with van der Waals surface area (Å²) in [5.74, 6) is 0.224. The molecule has 1 amide bonds. The quantitative estimate of drug-likeness (QED) is 0.847. The van der Waals surface area contributed by atoms with Gasteiger partial charge in [0.25, 0.3) is 0 Å². The van der Waals surface area contributed by atoms with Gasteiger partial charge in [-0.25, -0.2) is 0 Å². The Bertz CT molecular complexity index is 717. The first-order valence-electron chi connectivity index (χ1n) is 8.75. The van der Waals surface area contributed by atoms with Crippen LogP contribution in [0.3, 0.4) is 0 Å². The van der Waals surface area contributed by atoms with E-state index in [4.69, 9.17) is 0 Å². The number of likely N-dealkylation sites (tertiary alicyclic amines) is 1.